The Bertz CT molecular complexity index is 1050. The van der Waals surface area contributed by atoms with Crippen molar-refractivity contribution in [2.24, 2.45) is 11.8 Å². The summed E-state index contributed by atoms with van der Waals surface area (Å²) in [5.41, 5.74) is 1.80. The molecule has 0 spiro atoms. The summed E-state index contributed by atoms with van der Waals surface area (Å²) >= 11 is 0. The number of hydrogen-bond donors (Lipinski definition) is 0. The lowest BCUT2D eigenvalue weighted by Crippen LogP contribution is -2.43. The second-order valence-corrected chi connectivity index (χ2v) is 11.5. The first-order valence-corrected chi connectivity index (χ1v) is 13.9. The van der Waals surface area contributed by atoms with Gasteiger partial charge in [0.25, 0.3) is 0 Å². The molecule has 1 saturated carbocycles. The van der Waals surface area contributed by atoms with Crippen LogP contribution < -0.4 is 4.74 Å². The van der Waals surface area contributed by atoms with Crippen LogP contribution in [0, 0.1) is 11.8 Å². The molecule has 7 nitrogen and oxygen atoms in total. The third kappa shape index (κ3) is 6.16. The van der Waals surface area contributed by atoms with Crippen molar-refractivity contribution in [3.05, 3.63) is 42.6 Å². The molecule has 34 heavy (non-hydrogen) atoms. The highest BCUT2D eigenvalue weighted by Crippen LogP contribution is 2.29. The average molecular weight is 487 g/mol. The Morgan fingerprint density at radius 3 is 2.18 bits per heavy atom. The predicted molar refractivity (Wildman–Crippen MR) is 130 cm³/mol. The molecule has 8 heteroatoms. The normalized spacial score (nSPS) is 21.9. The van der Waals surface area contributed by atoms with Crippen LogP contribution in [0.25, 0.3) is 11.1 Å². The zero-order valence-corrected chi connectivity index (χ0v) is 20.8. The number of carbonyl (C=O) groups is 1. The molecule has 1 aliphatic heterocycles. The fraction of sp³-hybridized carbons (Fsp3) is 0.538. The Morgan fingerprint density at radius 2 is 1.62 bits per heavy atom. The first-order valence-electron chi connectivity index (χ1n) is 12.0. The topological polar surface area (TPSA) is 85.8 Å². The number of piperidine rings is 1. The maximum atomic E-state index is 12.9. The van der Waals surface area contributed by atoms with E-state index >= 15 is 0 Å². The number of hydrogen-bond acceptors (Lipinski definition) is 6. The number of rotatable bonds is 7. The zero-order valence-electron chi connectivity index (χ0n) is 20.0. The van der Waals surface area contributed by atoms with Crippen LogP contribution in [0.3, 0.4) is 0 Å². The van der Waals surface area contributed by atoms with Gasteiger partial charge in [-0.15, -0.1) is 0 Å². The quantitative estimate of drug-likeness (QED) is 0.589. The van der Waals surface area contributed by atoms with Crippen molar-refractivity contribution in [2.45, 2.75) is 49.5 Å². The Balaban J connectivity index is 1.22. The highest BCUT2D eigenvalue weighted by atomic mass is 32.2. The summed E-state index contributed by atoms with van der Waals surface area (Å²) in [5, 5.41) is 0. The molecule has 1 aliphatic carbocycles. The molecule has 1 amide bonds. The van der Waals surface area contributed by atoms with Crippen molar-refractivity contribution in [3.63, 3.8) is 0 Å². The van der Waals surface area contributed by atoms with E-state index in [4.69, 9.17) is 9.47 Å². The van der Waals surface area contributed by atoms with Crippen LogP contribution in [-0.4, -0.2) is 63.4 Å². The number of ether oxygens (including phenoxy) is 2. The predicted octanol–water partition coefficient (Wildman–Crippen LogP) is 3.97. The molecule has 2 fully saturated rings. The first kappa shape index (κ1) is 24.7. The minimum Gasteiger partial charge on any atom is -0.477 e. The largest absolute Gasteiger partial charge is 0.477 e. The number of aromatic nitrogens is 1. The molecule has 2 aliphatic rings. The van der Waals surface area contributed by atoms with Crippen molar-refractivity contribution in [3.8, 4) is 17.0 Å². The van der Waals surface area contributed by atoms with Gasteiger partial charge in [-0.2, -0.15) is 0 Å². The molecule has 0 atom stereocenters. The van der Waals surface area contributed by atoms with Crippen LogP contribution in [0.4, 0.5) is 0 Å². The summed E-state index contributed by atoms with van der Waals surface area (Å²) in [7, 11) is -1.45. The number of amides is 1. The Morgan fingerprint density at radius 1 is 0.971 bits per heavy atom. The number of methoxy groups -OCH3 is 1. The van der Waals surface area contributed by atoms with Gasteiger partial charge in [0.05, 0.1) is 17.6 Å². The number of carbonyl (C=O) groups excluding carboxylic acids is 1. The smallest absolute Gasteiger partial charge is 0.225 e. The maximum absolute atomic E-state index is 12.9. The van der Waals surface area contributed by atoms with Gasteiger partial charge in [-0.05, 0) is 68.2 Å². The summed E-state index contributed by atoms with van der Waals surface area (Å²) in [5.74, 6) is 1.46. The Kier molecular flexibility index (Phi) is 7.88. The molecule has 0 radical (unpaired) electrons. The molecular weight excluding hydrogens is 452 g/mol. The monoisotopic (exact) mass is 486 g/mol. The third-order valence-corrected chi connectivity index (χ3v) is 8.23. The van der Waals surface area contributed by atoms with E-state index < -0.39 is 9.84 Å². The highest BCUT2D eigenvalue weighted by Gasteiger charge is 2.31. The second kappa shape index (κ2) is 10.9. The van der Waals surface area contributed by atoms with E-state index in [0.29, 0.717) is 35.3 Å². The van der Waals surface area contributed by atoms with E-state index in [9.17, 15) is 13.2 Å². The van der Waals surface area contributed by atoms with E-state index in [2.05, 4.69) is 4.98 Å². The SMILES string of the molecule is COC1CCC(C(=O)N2CCC(COc3ccc(-c4ccc(S(C)(=O)=O)cc4)cn3)CC2)CC1. The van der Waals surface area contributed by atoms with Gasteiger partial charge in [0.15, 0.2) is 9.84 Å². The van der Waals surface area contributed by atoms with E-state index in [1.165, 1.54) is 6.26 Å². The molecular formula is C26H34N2O5S. The minimum atomic E-state index is -3.21. The van der Waals surface area contributed by atoms with E-state index in [1.807, 2.05) is 17.0 Å². The standard InChI is InChI=1S/C26H34N2O5S/c1-32-23-8-3-21(4-9-23)26(29)28-15-13-19(14-16-28)18-33-25-12-7-22(17-27-25)20-5-10-24(11-6-20)34(2,30)31/h5-7,10-12,17,19,21,23H,3-4,8-9,13-16,18H2,1-2H3. The fourth-order valence-corrected chi connectivity index (χ4v) is 5.49. The lowest BCUT2D eigenvalue weighted by atomic mass is 9.85. The molecule has 0 unspecified atom stereocenters. The summed E-state index contributed by atoms with van der Waals surface area (Å²) in [6, 6.07) is 10.6. The molecule has 2 heterocycles. The number of sulfone groups is 1. The molecule has 0 N–H and O–H groups in total. The van der Waals surface area contributed by atoms with E-state index in [0.717, 1.165) is 62.7 Å². The van der Waals surface area contributed by atoms with Gasteiger partial charge in [0, 0.05) is 50.2 Å². The van der Waals surface area contributed by atoms with Crippen molar-refractivity contribution >= 4 is 15.7 Å². The summed E-state index contributed by atoms with van der Waals surface area (Å²) in [4.78, 5) is 19.6. The Labute approximate surface area is 202 Å². The average Bonchev–Trinajstić information content (AvgIpc) is 2.87. The van der Waals surface area contributed by atoms with Gasteiger partial charge in [0.1, 0.15) is 0 Å². The number of nitrogens with zero attached hydrogens (tertiary/aromatic N) is 2. The van der Waals surface area contributed by atoms with Crippen LogP contribution in [0.1, 0.15) is 38.5 Å². The van der Waals surface area contributed by atoms with Crippen LogP contribution >= 0.6 is 0 Å². The maximum Gasteiger partial charge on any atom is 0.225 e. The summed E-state index contributed by atoms with van der Waals surface area (Å²) < 4.78 is 34.6. The van der Waals surface area contributed by atoms with E-state index in [1.54, 1.807) is 37.6 Å². The molecule has 2 aromatic rings. The van der Waals surface area contributed by atoms with Crippen molar-refractivity contribution in [2.75, 3.05) is 33.1 Å². The molecule has 1 aromatic heterocycles. The van der Waals surface area contributed by atoms with Crippen molar-refractivity contribution < 1.29 is 22.7 Å². The van der Waals surface area contributed by atoms with Crippen LogP contribution in [-0.2, 0) is 19.4 Å². The number of benzene rings is 1. The summed E-state index contributed by atoms with van der Waals surface area (Å²) in [6.07, 6.45) is 8.98. The lowest BCUT2D eigenvalue weighted by Gasteiger charge is -2.36. The molecule has 4 rings (SSSR count). The van der Waals surface area contributed by atoms with Gasteiger partial charge in [-0.3, -0.25) is 4.79 Å². The first-order chi connectivity index (χ1) is 16.3. The Hall–Kier alpha value is -2.45. The van der Waals surface area contributed by atoms with Gasteiger partial charge in [0.2, 0.25) is 11.8 Å². The van der Waals surface area contributed by atoms with Crippen LogP contribution in [0.2, 0.25) is 0 Å². The highest BCUT2D eigenvalue weighted by molar-refractivity contribution is 7.90. The van der Waals surface area contributed by atoms with Crippen LogP contribution in [0.15, 0.2) is 47.5 Å². The zero-order chi connectivity index (χ0) is 24.1. The van der Waals surface area contributed by atoms with Crippen molar-refractivity contribution in [1.29, 1.82) is 0 Å². The fourth-order valence-electron chi connectivity index (χ4n) is 4.86. The third-order valence-electron chi connectivity index (χ3n) is 7.10. The second-order valence-electron chi connectivity index (χ2n) is 9.47. The lowest BCUT2D eigenvalue weighted by molar-refractivity contribution is -0.139. The van der Waals surface area contributed by atoms with Crippen LogP contribution in [0.5, 0.6) is 5.88 Å². The van der Waals surface area contributed by atoms with E-state index in [-0.39, 0.29) is 5.92 Å². The van der Waals surface area contributed by atoms with Gasteiger partial charge >= 0.3 is 0 Å². The molecule has 0 bridgehead atoms. The molecule has 184 valence electrons. The molecule has 1 aromatic carbocycles. The number of likely N-dealkylation sites (tertiary alicyclic amines) is 1. The van der Waals surface area contributed by atoms with Gasteiger partial charge < -0.3 is 14.4 Å². The summed E-state index contributed by atoms with van der Waals surface area (Å²) in [6.45, 7) is 2.19. The molecule has 1 saturated heterocycles. The van der Waals surface area contributed by atoms with Gasteiger partial charge in [-0.25, -0.2) is 13.4 Å². The van der Waals surface area contributed by atoms with Gasteiger partial charge in [-0.1, -0.05) is 12.1 Å². The van der Waals surface area contributed by atoms with Crippen molar-refractivity contribution in [1.82, 2.24) is 9.88 Å². The minimum absolute atomic E-state index is 0.157. The number of pyridine rings is 1.